The van der Waals surface area contributed by atoms with Crippen LogP contribution in [0.25, 0.3) is 11.1 Å². The summed E-state index contributed by atoms with van der Waals surface area (Å²) in [6.45, 7) is 0.638. The van der Waals surface area contributed by atoms with Gasteiger partial charge in [0.2, 0.25) is 5.89 Å². The molecule has 2 N–H and O–H groups in total. The second-order valence-corrected chi connectivity index (χ2v) is 7.10. The molecular weight excluding hydrogens is 280 g/mol. The lowest BCUT2D eigenvalue weighted by atomic mass is 10.3. The summed E-state index contributed by atoms with van der Waals surface area (Å²) in [7, 11) is -3.30. The van der Waals surface area contributed by atoms with Crippen LogP contribution in [-0.4, -0.2) is 31.9 Å². The van der Waals surface area contributed by atoms with Gasteiger partial charge in [-0.2, -0.15) is 0 Å². The molecule has 108 valence electrons. The monoisotopic (exact) mass is 296 g/mol. The fourth-order valence-corrected chi connectivity index (χ4v) is 3.83. The maximum Gasteiger partial charge on any atom is 0.210 e. The predicted octanol–water partition coefficient (Wildman–Crippen LogP) is 1.50. The molecule has 1 saturated heterocycles. The number of rotatable bonds is 4. The van der Waals surface area contributed by atoms with Gasteiger partial charge in [-0.05, 0) is 25.0 Å². The Hall–Kier alpha value is -1.60. The van der Waals surface area contributed by atoms with Crippen molar-refractivity contribution in [3.05, 3.63) is 24.1 Å². The summed E-state index contributed by atoms with van der Waals surface area (Å²) in [5.74, 6) is -0.0294. The number of anilines is 1. The number of oxazole rings is 1. The van der Waals surface area contributed by atoms with Crippen LogP contribution in [0.4, 0.5) is 5.69 Å². The summed E-state index contributed by atoms with van der Waals surface area (Å²) in [6, 6.07) is 5.16. The molecule has 1 atom stereocenters. The standard InChI is InChI=1S/C13H16N2O4S/c14-10-4-1-5-11-13(10)15-12(19-11)8-20(16,17)7-9-3-2-6-18-9/h1,4-5,9H,2-3,6-8,14H2. The Morgan fingerprint density at radius 2 is 2.25 bits per heavy atom. The van der Waals surface area contributed by atoms with E-state index in [1.165, 1.54) is 0 Å². The molecule has 0 aliphatic carbocycles. The summed E-state index contributed by atoms with van der Waals surface area (Å²) in [5, 5.41) is 0. The largest absolute Gasteiger partial charge is 0.439 e. The SMILES string of the molecule is Nc1cccc2oc(CS(=O)(=O)CC3CCCO3)nc12. The molecule has 3 rings (SSSR count). The van der Waals surface area contributed by atoms with Crippen molar-refractivity contribution < 1.29 is 17.6 Å². The molecular formula is C13H16N2O4S. The van der Waals surface area contributed by atoms with Gasteiger partial charge in [0, 0.05) is 6.61 Å². The normalized spacial score (nSPS) is 19.7. The number of hydrogen-bond acceptors (Lipinski definition) is 6. The van der Waals surface area contributed by atoms with Crippen LogP contribution in [0, 0.1) is 0 Å². The number of fused-ring (bicyclic) bond motifs is 1. The lowest BCUT2D eigenvalue weighted by Crippen LogP contribution is -2.21. The predicted molar refractivity (Wildman–Crippen MR) is 74.9 cm³/mol. The highest BCUT2D eigenvalue weighted by molar-refractivity contribution is 7.90. The molecule has 1 aliphatic rings. The van der Waals surface area contributed by atoms with Crippen LogP contribution in [0.5, 0.6) is 0 Å². The number of nitrogens with two attached hydrogens (primary N) is 1. The first kappa shape index (κ1) is 13.4. The highest BCUT2D eigenvalue weighted by Gasteiger charge is 2.25. The van der Waals surface area contributed by atoms with Gasteiger partial charge in [0.15, 0.2) is 15.4 Å². The number of sulfone groups is 1. The summed E-state index contributed by atoms with van der Waals surface area (Å²) < 4.78 is 35.0. The van der Waals surface area contributed by atoms with Gasteiger partial charge < -0.3 is 14.9 Å². The Bertz CT molecular complexity index is 717. The first-order valence-corrected chi connectivity index (χ1v) is 8.31. The van der Waals surface area contributed by atoms with Gasteiger partial charge >= 0.3 is 0 Å². The van der Waals surface area contributed by atoms with Crippen LogP contribution in [-0.2, 0) is 20.3 Å². The second kappa shape index (κ2) is 5.06. The van der Waals surface area contributed by atoms with Crippen LogP contribution >= 0.6 is 0 Å². The first-order chi connectivity index (χ1) is 9.53. The lowest BCUT2D eigenvalue weighted by Gasteiger charge is -2.08. The van der Waals surface area contributed by atoms with Crippen LogP contribution in [0.3, 0.4) is 0 Å². The van der Waals surface area contributed by atoms with Gasteiger partial charge in [0.25, 0.3) is 0 Å². The summed E-state index contributed by atoms with van der Waals surface area (Å²) >= 11 is 0. The fraction of sp³-hybridized carbons (Fsp3) is 0.462. The highest BCUT2D eigenvalue weighted by Crippen LogP contribution is 2.23. The fourth-order valence-electron chi connectivity index (χ4n) is 2.38. The number of benzene rings is 1. The number of nitrogens with zero attached hydrogens (tertiary/aromatic N) is 1. The van der Waals surface area contributed by atoms with Gasteiger partial charge in [-0.25, -0.2) is 13.4 Å². The van der Waals surface area contributed by atoms with Crippen molar-refractivity contribution >= 4 is 26.6 Å². The van der Waals surface area contributed by atoms with E-state index in [-0.39, 0.29) is 23.5 Å². The van der Waals surface area contributed by atoms with Gasteiger partial charge in [-0.3, -0.25) is 0 Å². The minimum Gasteiger partial charge on any atom is -0.439 e. The average Bonchev–Trinajstić information content (AvgIpc) is 2.97. The highest BCUT2D eigenvalue weighted by atomic mass is 32.2. The number of hydrogen-bond donors (Lipinski definition) is 1. The molecule has 1 aromatic heterocycles. The third-order valence-corrected chi connectivity index (χ3v) is 4.87. The van der Waals surface area contributed by atoms with E-state index in [2.05, 4.69) is 4.98 Å². The van der Waals surface area contributed by atoms with Crippen LogP contribution in [0.15, 0.2) is 22.6 Å². The zero-order chi connectivity index (χ0) is 14.2. The summed E-state index contributed by atoms with van der Waals surface area (Å²) in [5.41, 5.74) is 7.27. The van der Waals surface area contributed by atoms with E-state index in [1.54, 1.807) is 18.2 Å². The van der Waals surface area contributed by atoms with E-state index in [0.29, 0.717) is 23.4 Å². The quantitative estimate of drug-likeness (QED) is 0.859. The molecule has 1 unspecified atom stereocenters. The number of aromatic nitrogens is 1. The molecule has 20 heavy (non-hydrogen) atoms. The lowest BCUT2D eigenvalue weighted by molar-refractivity contribution is 0.127. The molecule has 1 aromatic carbocycles. The van der Waals surface area contributed by atoms with Gasteiger partial charge in [-0.1, -0.05) is 6.07 Å². The molecule has 0 radical (unpaired) electrons. The van der Waals surface area contributed by atoms with E-state index < -0.39 is 9.84 Å². The van der Waals surface area contributed by atoms with Gasteiger partial charge in [0.05, 0.1) is 17.5 Å². The van der Waals surface area contributed by atoms with E-state index in [1.807, 2.05) is 0 Å². The molecule has 0 bridgehead atoms. The Kier molecular flexibility index (Phi) is 3.39. The van der Waals surface area contributed by atoms with Gasteiger partial charge in [0.1, 0.15) is 11.3 Å². The van der Waals surface area contributed by atoms with Crippen molar-refractivity contribution in [2.75, 3.05) is 18.1 Å². The molecule has 1 fully saturated rings. The third-order valence-electron chi connectivity index (χ3n) is 3.30. The molecule has 0 spiro atoms. The number of para-hydroxylation sites is 1. The zero-order valence-corrected chi connectivity index (χ0v) is 11.7. The van der Waals surface area contributed by atoms with Crippen LogP contribution in [0.2, 0.25) is 0 Å². The van der Waals surface area contributed by atoms with Gasteiger partial charge in [-0.15, -0.1) is 0 Å². The Balaban J connectivity index is 1.79. The minimum atomic E-state index is -3.30. The van der Waals surface area contributed by atoms with Crippen LogP contribution in [0.1, 0.15) is 18.7 Å². The molecule has 6 nitrogen and oxygen atoms in total. The third kappa shape index (κ3) is 2.78. The zero-order valence-electron chi connectivity index (χ0n) is 10.9. The Labute approximate surface area is 116 Å². The summed E-state index contributed by atoms with van der Waals surface area (Å²) in [6.07, 6.45) is 1.51. The minimum absolute atomic E-state index is 0.0151. The molecule has 2 heterocycles. The molecule has 2 aromatic rings. The van der Waals surface area contributed by atoms with Crippen molar-refractivity contribution in [3.63, 3.8) is 0 Å². The average molecular weight is 296 g/mol. The smallest absolute Gasteiger partial charge is 0.210 e. The topological polar surface area (TPSA) is 95.4 Å². The number of ether oxygens (including phenoxy) is 1. The Morgan fingerprint density at radius 3 is 2.95 bits per heavy atom. The molecule has 7 heteroatoms. The van der Waals surface area contributed by atoms with Crippen molar-refractivity contribution in [2.24, 2.45) is 0 Å². The van der Waals surface area contributed by atoms with E-state index in [9.17, 15) is 8.42 Å². The molecule has 1 aliphatic heterocycles. The van der Waals surface area contributed by atoms with Crippen molar-refractivity contribution in [1.29, 1.82) is 0 Å². The van der Waals surface area contributed by atoms with E-state index in [4.69, 9.17) is 14.9 Å². The first-order valence-electron chi connectivity index (χ1n) is 6.49. The molecule has 0 amide bonds. The van der Waals surface area contributed by atoms with Crippen LogP contribution < -0.4 is 5.73 Å². The molecule has 0 saturated carbocycles. The number of nitrogen functional groups attached to an aromatic ring is 1. The van der Waals surface area contributed by atoms with E-state index >= 15 is 0 Å². The maximum atomic E-state index is 12.1. The van der Waals surface area contributed by atoms with Crippen molar-refractivity contribution in [2.45, 2.75) is 24.7 Å². The van der Waals surface area contributed by atoms with E-state index in [0.717, 1.165) is 12.8 Å². The summed E-state index contributed by atoms with van der Waals surface area (Å²) in [4.78, 5) is 4.16. The maximum absolute atomic E-state index is 12.1. The van der Waals surface area contributed by atoms with Crippen molar-refractivity contribution in [1.82, 2.24) is 4.98 Å². The van der Waals surface area contributed by atoms with Crippen molar-refractivity contribution in [3.8, 4) is 0 Å². The second-order valence-electron chi connectivity index (χ2n) is 4.99. The Morgan fingerprint density at radius 1 is 1.40 bits per heavy atom.